The van der Waals surface area contributed by atoms with Crippen LogP contribution in [0.3, 0.4) is 0 Å². The number of benzene rings is 1. The van der Waals surface area contributed by atoms with Crippen molar-refractivity contribution < 1.29 is 8.42 Å². The van der Waals surface area contributed by atoms with E-state index in [0.29, 0.717) is 11.6 Å². The second kappa shape index (κ2) is 5.48. The summed E-state index contributed by atoms with van der Waals surface area (Å²) >= 11 is 0. The van der Waals surface area contributed by atoms with Crippen molar-refractivity contribution in [3.05, 3.63) is 23.8 Å². The molecule has 0 unspecified atom stereocenters. The maximum absolute atomic E-state index is 11.5. The second-order valence-corrected chi connectivity index (χ2v) is 6.73. The van der Waals surface area contributed by atoms with E-state index in [9.17, 15) is 8.42 Å². The van der Waals surface area contributed by atoms with Crippen molar-refractivity contribution in [2.75, 3.05) is 25.5 Å². The molecule has 3 N–H and O–H groups in total. The summed E-state index contributed by atoms with van der Waals surface area (Å²) < 4.78 is 23.0. The van der Waals surface area contributed by atoms with E-state index in [0.717, 1.165) is 31.6 Å². The van der Waals surface area contributed by atoms with Crippen LogP contribution in [0.5, 0.6) is 0 Å². The van der Waals surface area contributed by atoms with Crippen molar-refractivity contribution in [1.82, 2.24) is 4.90 Å². The highest BCUT2D eigenvalue weighted by Gasteiger charge is 2.19. The molecule has 0 saturated carbocycles. The molecule has 2 rings (SSSR count). The fourth-order valence-corrected chi connectivity index (χ4v) is 3.26. The van der Waals surface area contributed by atoms with Crippen LogP contribution in [0.15, 0.2) is 23.1 Å². The lowest BCUT2D eigenvalue weighted by atomic mass is 10.0. The van der Waals surface area contributed by atoms with Crippen LogP contribution in [0.1, 0.15) is 18.4 Å². The molecule has 0 bridgehead atoms. The topological polar surface area (TPSA) is 75.4 Å². The fourth-order valence-electron chi connectivity index (χ4n) is 2.45. The average Bonchev–Trinajstić information content (AvgIpc) is 2.33. The first-order valence-electron chi connectivity index (χ1n) is 6.45. The Labute approximate surface area is 114 Å². The lowest BCUT2D eigenvalue weighted by molar-refractivity contribution is 0.264. The zero-order valence-corrected chi connectivity index (χ0v) is 12.2. The Bertz CT molecular complexity index is 549. The molecule has 1 aromatic carbocycles. The van der Waals surface area contributed by atoms with E-state index in [-0.39, 0.29) is 4.90 Å². The highest BCUT2D eigenvalue weighted by molar-refractivity contribution is 7.89. The molecule has 0 spiro atoms. The Morgan fingerprint density at radius 2 is 1.95 bits per heavy atom. The third-order valence-corrected chi connectivity index (χ3v) is 4.72. The summed E-state index contributed by atoms with van der Waals surface area (Å²) in [6.45, 7) is 3.91. The molecular formula is C13H21N3O2S. The van der Waals surface area contributed by atoms with Crippen molar-refractivity contribution in [2.24, 2.45) is 5.14 Å². The van der Waals surface area contributed by atoms with Crippen LogP contribution in [-0.2, 0) is 10.0 Å². The number of nitrogens with two attached hydrogens (primary N) is 1. The van der Waals surface area contributed by atoms with Crippen molar-refractivity contribution >= 4 is 15.7 Å². The Morgan fingerprint density at radius 1 is 1.32 bits per heavy atom. The van der Waals surface area contributed by atoms with Gasteiger partial charge in [0.15, 0.2) is 0 Å². The summed E-state index contributed by atoms with van der Waals surface area (Å²) in [6, 6.07) is 5.57. The monoisotopic (exact) mass is 283 g/mol. The minimum absolute atomic E-state index is 0.199. The van der Waals surface area contributed by atoms with E-state index in [1.165, 1.54) is 0 Å². The molecule has 1 aliphatic rings. The number of primary sulfonamides is 1. The van der Waals surface area contributed by atoms with E-state index in [2.05, 4.69) is 17.3 Å². The van der Waals surface area contributed by atoms with Gasteiger partial charge in [-0.15, -0.1) is 0 Å². The summed E-state index contributed by atoms with van der Waals surface area (Å²) in [5.41, 5.74) is 1.56. The number of piperidine rings is 1. The largest absolute Gasteiger partial charge is 0.382 e. The first-order valence-corrected chi connectivity index (χ1v) is 8.00. The van der Waals surface area contributed by atoms with Crippen LogP contribution in [0.4, 0.5) is 5.69 Å². The molecule has 106 valence electrons. The van der Waals surface area contributed by atoms with Gasteiger partial charge < -0.3 is 10.2 Å². The number of anilines is 1. The third-order valence-electron chi connectivity index (χ3n) is 3.67. The van der Waals surface area contributed by atoms with Gasteiger partial charge in [-0.1, -0.05) is 6.07 Å². The molecule has 1 saturated heterocycles. The van der Waals surface area contributed by atoms with E-state index < -0.39 is 10.0 Å². The molecule has 0 atom stereocenters. The van der Waals surface area contributed by atoms with Gasteiger partial charge in [-0.25, -0.2) is 13.6 Å². The van der Waals surface area contributed by atoms with E-state index in [1.54, 1.807) is 19.1 Å². The number of nitrogens with one attached hydrogen (secondary N) is 1. The minimum atomic E-state index is -3.65. The average molecular weight is 283 g/mol. The van der Waals surface area contributed by atoms with Crippen LogP contribution in [0.2, 0.25) is 0 Å². The quantitative estimate of drug-likeness (QED) is 0.872. The predicted octanol–water partition coefficient (Wildman–Crippen LogP) is 1.15. The number of hydrogen-bond donors (Lipinski definition) is 2. The van der Waals surface area contributed by atoms with Crippen LogP contribution in [-0.4, -0.2) is 39.5 Å². The van der Waals surface area contributed by atoms with Crippen LogP contribution >= 0.6 is 0 Å². The van der Waals surface area contributed by atoms with E-state index >= 15 is 0 Å². The van der Waals surface area contributed by atoms with Gasteiger partial charge in [0.25, 0.3) is 0 Å². The summed E-state index contributed by atoms with van der Waals surface area (Å²) in [5.74, 6) is 0. The first-order chi connectivity index (χ1) is 8.88. The molecule has 1 aliphatic heterocycles. The Kier molecular flexibility index (Phi) is 4.13. The highest BCUT2D eigenvalue weighted by Crippen LogP contribution is 2.24. The number of hydrogen-bond acceptors (Lipinski definition) is 4. The van der Waals surface area contributed by atoms with Crippen LogP contribution in [0, 0.1) is 6.92 Å². The minimum Gasteiger partial charge on any atom is -0.382 e. The highest BCUT2D eigenvalue weighted by atomic mass is 32.2. The van der Waals surface area contributed by atoms with Gasteiger partial charge in [0.1, 0.15) is 0 Å². The van der Waals surface area contributed by atoms with Crippen molar-refractivity contribution in [1.29, 1.82) is 0 Å². The first kappa shape index (κ1) is 14.3. The molecule has 6 heteroatoms. The zero-order chi connectivity index (χ0) is 14.0. The molecule has 1 fully saturated rings. The number of nitrogens with zero attached hydrogens (tertiary/aromatic N) is 1. The van der Waals surface area contributed by atoms with E-state index in [4.69, 9.17) is 5.14 Å². The van der Waals surface area contributed by atoms with Crippen LogP contribution in [0.25, 0.3) is 0 Å². The van der Waals surface area contributed by atoms with Gasteiger partial charge in [-0.3, -0.25) is 0 Å². The molecule has 0 aromatic heterocycles. The SMILES string of the molecule is Cc1c(NC2CCN(C)CC2)cccc1S(N)(=O)=O. The molecule has 0 amide bonds. The Balaban J connectivity index is 2.17. The lowest BCUT2D eigenvalue weighted by Crippen LogP contribution is -2.36. The lowest BCUT2D eigenvalue weighted by Gasteiger charge is -2.30. The second-order valence-electron chi connectivity index (χ2n) is 5.20. The maximum Gasteiger partial charge on any atom is 0.238 e. The van der Waals surface area contributed by atoms with Gasteiger partial charge >= 0.3 is 0 Å². The van der Waals surface area contributed by atoms with Gasteiger partial charge in [0.05, 0.1) is 4.90 Å². The van der Waals surface area contributed by atoms with Crippen molar-refractivity contribution in [3.8, 4) is 0 Å². The van der Waals surface area contributed by atoms with Gasteiger partial charge in [0.2, 0.25) is 10.0 Å². The number of sulfonamides is 1. The summed E-state index contributed by atoms with van der Waals surface area (Å²) in [5, 5.41) is 8.65. The van der Waals surface area contributed by atoms with Crippen LogP contribution < -0.4 is 10.5 Å². The Morgan fingerprint density at radius 3 is 2.53 bits per heavy atom. The van der Waals surface area contributed by atoms with Gasteiger partial charge in [-0.2, -0.15) is 0 Å². The summed E-state index contributed by atoms with van der Waals surface area (Å²) in [4.78, 5) is 2.50. The Hall–Kier alpha value is -1.11. The number of likely N-dealkylation sites (tertiary alicyclic amines) is 1. The molecule has 0 radical (unpaired) electrons. The molecular weight excluding hydrogens is 262 g/mol. The molecule has 1 heterocycles. The smallest absolute Gasteiger partial charge is 0.238 e. The van der Waals surface area contributed by atoms with Gasteiger partial charge in [-0.05, 0) is 57.6 Å². The van der Waals surface area contributed by atoms with Gasteiger partial charge in [0, 0.05) is 11.7 Å². The molecule has 19 heavy (non-hydrogen) atoms. The predicted molar refractivity (Wildman–Crippen MR) is 76.7 cm³/mol. The summed E-state index contributed by atoms with van der Waals surface area (Å²) in [7, 11) is -1.54. The molecule has 1 aromatic rings. The normalized spacial score (nSPS) is 18.5. The third kappa shape index (κ3) is 3.46. The molecule has 5 nitrogen and oxygen atoms in total. The molecule has 0 aliphatic carbocycles. The zero-order valence-electron chi connectivity index (χ0n) is 11.4. The summed E-state index contributed by atoms with van der Waals surface area (Å²) in [6.07, 6.45) is 2.13. The van der Waals surface area contributed by atoms with Crippen molar-refractivity contribution in [3.63, 3.8) is 0 Å². The standard InChI is InChI=1S/C13H21N3O2S/c1-10-12(4-3-5-13(10)19(14,17)18)15-11-6-8-16(2)9-7-11/h3-5,11,15H,6-9H2,1-2H3,(H2,14,17,18). The fraction of sp³-hybridized carbons (Fsp3) is 0.538. The van der Waals surface area contributed by atoms with E-state index in [1.807, 2.05) is 6.07 Å². The number of rotatable bonds is 3. The maximum atomic E-state index is 11.5. The van der Waals surface area contributed by atoms with Crippen molar-refractivity contribution in [2.45, 2.75) is 30.7 Å².